The van der Waals surface area contributed by atoms with E-state index >= 15 is 0 Å². The van der Waals surface area contributed by atoms with E-state index in [2.05, 4.69) is 15.3 Å². The first kappa shape index (κ1) is 30.7. The molecule has 1 aliphatic rings. The second-order valence-corrected chi connectivity index (χ2v) is 10.5. The molecule has 0 radical (unpaired) electrons. The van der Waals surface area contributed by atoms with Crippen molar-refractivity contribution < 1.29 is 33.0 Å². The van der Waals surface area contributed by atoms with Gasteiger partial charge in [-0.3, -0.25) is 14.4 Å². The zero-order valence-corrected chi connectivity index (χ0v) is 23.7. The average molecular weight is 578 g/mol. The largest absolute Gasteiger partial charge is 0.460 e. The molecule has 1 saturated heterocycles. The molecule has 0 aliphatic carbocycles. The summed E-state index contributed by atoms with van der Waals surface area (Å²) < 4.78 is 23.7. The number of carbonyl (C=O) groups excluding carboxylic acids is 4. The van der Waals surface area contributed by atoms with Crippen molar-refractivity contribution in [3.05, 3.63) is 47.0 Å². The Balaban J connectivity index is 1.77. The number of benzene rings is 1. The van der Waals surface area contributed by atoms with Gasteiger partial charge in [-0.05, 0) is 58.4 Å². The summed E-state index contributed by atoms with van der Waals surface area (Å²) in [6.45, 7) is 8.13. The molecule has 216 valence electrons. The van der Waals surface area contributed by atoms with E-state index in [1.807, 2.05) is 0 Å². The van der Waals surface area contributed by atoms with Gasteiger partial charge in [0.05, 0.1) is 6.61 Å². The number of esters is 1. The molecule has 1 atom stereocenters. The van der Waals surface area contributed by atoms with E-state index < -0.39 is 41.3 Å². The highest BCUT2D eigenvalue weighted by atomic mass is 35.5. The Morgan fingerprint density at radius 3 is 2.27 bits per heavy atom. The van der Waals surface area contributed by atoms with E-state index in [0.29, 0.717) is 5.56 Å². The molecule has 1 N–H and O–H groups in total. The molecule has 0 saturated carbocycles. The highest BCUT2D eigenvalue weighted by Crippen LogP contribution is 2.19. The van der Waals surface area contributed by atoms with E-state index in [-0.39, 0.29) is 62.3 Å². The number of ether oxygens (including phenoxy) is 2. The second-order valence-electron chi connectivity index (χ2n) is 10.1. The SMILES string of the molecule is CCOC(=O)N1CCN(C(=O)[C@H](CCC(=O)OC(C)(C)C)NC(=O)c2cc(Cl)nc(-c3ccc(F)cc3)n2)CC1. The van der Waals surface area contributed by atoms with Crippen LogP contribution in [0.3, 0.4) is 0 Å². The van der Waals surface area contributed by atoms with Gasteiger partial charge in [-0.1, -0.05) is 11.6 Å². The fourth-order valence-corrected chi connectivity index (χ4v) is 4.13. The molecule has 3 rings (SSSR count). The van der Waals surface area contributed by atoms with E-state index in [9.17, 15) is 23.6 Å². The molecule has 0 unspecified atom stereocenters. The Morgan fingerprint density at radius 2 is 1.68 bits per heavy atom. The first-order chi connectivity index (χ1) is 18.9. The summed E-state index contributed by atoms with van der Waals surface area (Å²) >= 11 is 6.14. The molecule has 3 amide bonds. The third-order valence-corrected chi connectivity index (χ3v) is 6.00. The van der Waals surface area contributed by atoms with Crippen molar-refractivity contribution in [2.24, 2.45) is 0 Å². The van der Waals surface area contributed by atoms with Crippen LogP contribution in [0.15, 0.2) is 30.3 Å². The number of nitrogens with zero attached hydrogens (tertiary/aromatic N) is 4. The lowest BCUT2D eigenvalue weighted by molar-refractivity contribution is -0.155. The van der Waals surface area contributed by atoms with Gasteiger partial charge in [0.15, 0.2) is 5.82 Å². The molecule has 13 heteroatoms. The Hall–Kier alpha value is -3.80. The minimum absolute atomic E-state index is 0.0220. The molecule has 1 aliphatic heterocycles. The average Bonchev–Trinajstić information content (AvgIpc) is 2.89. The lowest BCUT2D eigenvalue weighted by Gasteiger charge is -2.36. The molecule has 40 heavy (non-hydrogen) atoms. The van der Waals surface area contributed by atoms with Crippen LogP contribution in [0.5, 0.6) is 0 Å². The van der Waals surface area contributed by atoms with Gasteiger partial charge in [-0.15, -0.1) is 0 Å². The summed E-state index contributed by atoms with van der Waals surface area (Å²) in [4.78, 5) is 62.5. The predicted octanol–water partition coefficient (Wildman–Crippen LogP) is 3.46. The third kappa shape index (κ3) is 8.87. The molecular formula is C27H33ClFN5O6. The van der Waals surface area contributed by atoms with Crippen molar-refractivity contribution in [3.63, 3.8) is 0 Å². The maximum atomic E-state index is 13.5. The quantitative estimate of drug-likeness (QED) is 0.373. The standard InChI is InChI=1S/C27H33ClFN5O6/c1-5-39-26(38)34-14-12-33(13-15-34)25(37)19(10-11-22(35)40-27(2,3)4)31-24(36)20-16-21(28)32-23(30-20)17-6-8-18(29)9-7-17/h6-9,16,19H,5,10-15H2,1-4H3,(H,31,36)/t19-/m0/s1. The Morgan fingerprint density at radius 1 is 1.05 bits per heavy atom. The van der Waals surface area contributed by atoms with Crippen LogP contribution in [-0.2, 0) is 19.1 Å². The lowest BCUT2D eigenvalue weighted by Crippen LogP contribution is -2.56. The summed E-state index contributed by atoms with van der Waals surface area (Å²) in [6, 6.07) is 5.52. The minimum atomic E-state index is -1.09. The highest BCUT2D eigenvalue weighted by Gasteiger charge is 2.32. The van der Waals surface area contributed by atoms with E-state index in [4.69, 9.17) is 21.1 Å². The normalized spacial score (nSPS) is 14.3. The monoisotopic (exact) mass is 577 g/mol. The zero-order chi connectivity index (χ0) is 29.4. The van der Waals surface area contributed by atoms with Crippen molar-refractivity contribution in [2.45, 2.75) is 52.2 Å². The van der Waals surface area contributed by atoms with Crippen LogP contribution in [0.4, 0.5) is 9.18 Å². The van der Waals surface area contributed by atoms with Crippen LogP contribution >= 0.6 is 11.6 Å². The van der Waals surface area contributed by atoms with Crippen molar-refractivity contribution in [1.29, 1.82) is 0 Å². The van der Waals surface area contributed by atoms with Crippen molar-refractivity contribution in [3.8, 4) is 11.4 Å². The van der Waals surface area contributed by atoms with Gasteiger partial charge in [-0.2, -0.15) is 0 Å². The highest BCUT2D eigenvalue weighted by molar-refractivity contribution is 6.29. The molecule has 1 aromatic heterocycles. The summed E-state index contributed by atoms with van der Waals surface area (Å²) in [5.74, 6) is -1.99. The van der Waals surface area contributed by atoms with Crippen molar-refractivity contribution in [2.75, 3.05) is 32.8 Å². The summed E-state index contributed by atoms with van der Waals surface area (Å²) in [5.41, 5.74) is -0.381. The predicted molar refractivity (Wildman–Crippen MR) is 144 cm³/mol. The van der Waals surface area contributed by atoms with Gasteiger partial charge in [0.25, 0.3) is 5.91 Å². The molecule has 11 nitrogen and oxygen atoms in total. The van der Waals surface area contributed by atoms with Gasteiger partial charge in [-0.25, -0.2) is 19.2 Å². The van der Waals surface area contributed by atoms with Gasteiger partial charge in [0.1, 0.15) is 28.3 Å². The van der Waals surface area contributed by atoms with E-state index in [0.717, 1.165) is 0 Å². The zero-order valence-electron chi connectivity index (χ0n) is 22.9. The summed E-state index contributed by atoms with van der Waals surface area (Å²) in [5, 5.41) is 2.64. The number of carbonyl (C=O) groups is 4. The molecule has 1 aromatic carbocycles. The lowest BCUT2D eigenvalue weighted by atomic mass is 10.1. The fourth-order valence-electron chi connectivity index (χ4n) is 3.95. The number of rotatable bonds is 8. The number of nitrogens with one attached hydrogen (secondary N) is 1. The summed E-state index contributed by atoms with van der Waals surface area (Å²) in [7, 11) is 0. The van der Waals surface area contributed by atoms with Crippen molar-refractivity contribution >= 4 is 35.5 Å². The maximum absolute atomic E-state index is 13.5. The van der Waals surface area contributed by atoms with Gasteiger partial charge in [0, 0.05) is 44.2 Å². The Labute approximate surface area is 237 Å². The molecule has 1 fully saturated rings. The number of aromatic nitrogens is 2. The number of hydrogen-bond donors (Lipinski definition) is 1. The molecular weight excluding hydrogens is 545 g/mol. The van der Waals surface area contributed by atoms with Gasteiger partial charge < -0.3 is 24.6 Å². The third-order valence-electron chi connectivity index (χ3n) is 5.81. The molecule has 2 heterocycles. The van der Waals surface area contributed by atoms with E-state index in [1.54, 1.807) is 27.7 Å². The molecule has 2 aromatic rings. The first-order valence-electron chi connectivity index (χ1n) is 12.9. The van der Waals surface area contributed by atoms with Crippen LogP contribution in [0.1, 0.15) is 51.0 Å². The second kappa shape index (κ2) is 13.5. The fraction of sp³-hybridized carbons (Fsp3) is 0.481. The molecule has 0 bridgehead atoms. The van der Waals surface area contributed by atoms with Crippen LogP contribution in [0.2, 0.25) is 5.15 Å². The van der Waals surface area contributed by atoms with Crippen molar-refractivity contribution in [1.82, 2.24) is 25.1 Å². The smallest absolute Gasteiger partial charge is 0.409 e. The number of amides is 3. The summed E-state index contributed by atoms with van der Waals surface area (Å²) in [6.07, 6.45) is -0.606. The van der Waals surface area contributed by atoms with Crippen LogP contribution < -0.4 is 5.32 Å². The topological polar surface area (TPSA) is 131 Å². The van der Waals surface area contributed by atoms with Gasteiger partial charge in [0.2, 0.25) is 5.91 Å². The maximum Gasteiger partial charge on any atom is 0.409 e. The van der Waals surface area contributed by atoms with Crippen LogP contribution in [-0.4, -0.2) is 88.1 Å². The van der Waals surface area contributed by atoms with Gasteiger partial charge >= 0.3 is 12.1 Å². The number of hydrogen-bond acceptors (Lipinski definition) is 8. The Bertz CT molecular complexity index is 1230. The first-order valence-corrected chi connectivity index (χ1v) is 13.3. The van der Waals surface area contributed by atoms with Crippen LogP contribution in [0, 0.1) is 5.82 Å². The molecule has 0 spiro atoms. The van der Waals surface area contributed by atoms with E-state index in [1.165, 1.54) is 40.1 Å². The number of halogens is 2. The van der Waals surface area contributed by atoms with Crippen LogP contribution in [0.25, 0.3) is 11.4 Å². The number of piperazine rings is 1. The Kier molecular flexibility index (Phi) is 10.4. The minimum Gasteiger partial charge on any atom is -0.460 e.